The molecule has 0 radical (unpaired) electrons. The van der Waals surface area contributed by atoms with Crippen molar-refractivity contribution >= 4 is 35.5 Å². The zero-order valence-corrected chi connectivity index (χ0v) is 18.9. The van der Waals surface area contributed by atoms with Gasteiger partial charge in [-0.1, -0.05) is 44.2 Å². The lowest BCUT2D eigenvalue weighted by Crippen LogP contribution is -2.57. The fourth-order valence-corrected chi connectivity index (χ4v) is 3.28. The van der Waals surface area contributed by atoms with Crippen LogP contribution in [0.3, 0.4) is 0 Å². The van der Waals surface area contributed by atoms with E-state index < -0.39 is 48.4 Å². The van der Waals surface area contributed by atoms with Crippen molar-refractivity contribution in [3.05, 3.63) is 35.9 Å². The second-order valence-corrected chi connectivity index (χ2v) is 8.47. The monoisotopic (exact) mass is 452 g/mol. The van der Waals surface area contributed by atoms with Gasteiger partial charge in [-0.25, -0.2) is 0 Å². The van der Waals surface area contributed by atoms with Gasteiger partial charge in [0.15, 0.2) is 0 Å². The highest BCUT2D eigenvalue weighted by atomic mass is 32.2. The van der Waals surface area contributed by atoms with Crippen molar-refractivity contribution in [3.8, 4) is 0 Å². The number of thioether (sulfide) groups is 1. The largest absolute Gasteiger partial charge is 0.480 e. The van der Waals surface area contributed by atoms with E-state index in [9.17, 15) is 19.2 Å². The Kier molecular flexibility index (Phi) is 11.7. The number of hydrogen-bond acceptors (Lipinski definition) is 6. The molecule has 3 atom stereocenters. The summed E-state index contributed by atoms with van der Waals surface area (Å²) < 4.78 is 0. The average Bonchev–Trinajstić information content (AvgIpc) is 2.73. The van der Waals surface area contributed by atoms with E-state index in [4.69, 9.17) is 10.8 Å². The van der Waals surface area contributed by atoms with Crippen LogP contribution in [0, 0.1) is 5.92 Å². The van der Waals surface area contributed by atoms with E-state index in [2.05, 4.69) is 16.0 Å². The molecule has 0 heterocycles. The average molecular weight is 453 g/mol. The lowest BCUT2D eigenvalue weighted by molar-refractivity contribution is -0.139. The Labute approximate surface area is 186 Å². The first-order valence-electron chi connectivity index (χ1n) is 10.0. The number of benzene rings is 1. The summed E-state index contributed by atoms with van der Waals surface area (Å²) in [5.41, 5.74) is 6.93. The SMILES string of the molecule is CSCCC(NC(=O)C(N)Cc1ccccc1)C(=O)NC(C(=O)NCC(=O)O)C(C)C. The number of hydrogen-bond donors (Lipinski definition) is 5. The zero-order valence-electron chi connectivity index (χ0n) is 18.1. The summed E-state index contributed by atoms with van der Waals surface area (Å²) in [5.74, 6) is -2.42. The molecule has 0 aromatic heterocycles. The van der Waals surface area contributed by atoms with E-state index >= 15 is 0 Å². The second kappa shape index (κ2) is 13.7. The van der Waals surface area contributed by atoms with Gasteiger partial charge in [0.1, 0.15) is 18.6 Å². The van der Waals surface area contributed by atoms with Gasteiger partial charge in [-0.05, 0) is 36.3 Å². The zero-order chi connectivity index (χ0) is 23.4. The number of nitrogens with two attached hydrogens (primary N) is 1. The third-order valence-electron chi connectivity index (χ3n) is 4.54. The maximum Gasteiger partial charge on any atom is 0.322 e. The molecule has 0 fully saturated rings. The van der Waals surface area contributed by atoms with Crippen LogP contribution in [0.2, 0.25) is 0 Å². The van der Waals surface area contributed by atoms with Crippen molar-refractivity contribution in [2.24, 2.45) is 11.7 Å². The summed E-state index contributed by atoms with van der Waals surface area (Å²) in [6, 6.07) is 6.70. The van der Waals surface area contributed by atoms with Crippen LogP contribution in [0.4, 0.5) is 0 Å². The van der Waals surface area contributed by atoms with Crippen molar-refractivity contribution in [1.29, 1.82) is 0 Å². The molecule has 6 N–H and O–H groups in total. The standard InChI is InChI=1S/C21H32N4O5S/c1-13(2)18(21(30)23-12-17(26)27)25-20(29)16(9-10-31-3)24-19(28)15(22)11-14-7-5-4-6-8-14/h4-8,13,15-16,18H,9-12,22H2,1-3H3,(H,23,30)(H,24,28)(H,25,29)(H,26,27). The molecule has 1 aromatic carbocycles. The van der Waals surface area contributed by atoms with Gasteiger partial charge in [-0.3, -0.25) is 19.2 Å². The summed E-state index contributed by atoms with van der Waals surface area (Å²) in [6.45, 7) is 2.92. The molecule has 172 valence electrons. The highest BCUT2D eigenvalue weighted by Crippen LogP contribution is 2.07. The minimum Gasteiger partial charge on any atom is -0.480 e. The highest BCUT2D eigenvalue weighted by Gasteiger charge is 2.29. The number of aliphatic carboxylic acids is 1. The molecule has 0 saturated heterocycles. The van der Waals surface area contributed by atoms with Crippen molar-refractivity contribution in [3.63, 3.8) is 0 Å². The fraction of sp³-hybridized carbons (Fsp3) is 0.524. The first kappa shape index (κ1) is 26.4. The molecule has 3 amide bonds. The third-order valence-corrected chi connectivity index (χ3v) is 5.18. The second-order valence-electron chi connectivity index (χ2n) is 7.48. The van der Waals surface area contributed by atoms with Crippen molar-refractivity contribution < 1.29 is 24.3 Å². The minimum atomic E-state index is -1.18. The quantitative estimate of drug-likeness (QED) is 0.285. The van der Waals surface area contributed by atoms with Crippen molar-refractivity contribution in [1.82, 2.24) is 16.0 Å². The predicted molar refractivity (Wildman–Crippen MR) is 120 cm³/mol. The first-order chi connectivity index (χ1) is 14.6. The Morgan fingerprint density at radius 3 is 2.23 bits per heavy atom. The van der Waals surface area contributed by atoms with E-state index in [0.29, 0.717) is 18.6 Å². The summed E-state index contributed by atoms with van der Waals surface area (Å²) in [7, 11) is 0. The van der Waals surface area contributed by atoms with E-state index in [-0.39, 0.29) is 5.92 Å². The number of rotatable bonds is 13. The number of carboxylic acid groups (broad SMARTS) is 1. The van der Waals surface area contributed by atoms with Crippen molar-refractivity contribution in [2.75, 3.05) is 18.6 Å². The van der Waals surface area contributed by atoms with E-state index in [1.165, 1.54) is 11.8 Å². The van der Waals surface area contributed by atoms with E-state index in [1.807, 2.05) is 36.6 Å². The molecule has 0 aliphatic rings. The van der Waals surface area contributed by atoms with Gasteiger partial charge in [0, 0.05) is 0 Å². The molecule has 31 heavy (non-hydrogen) atoms. The molecule has 0 bridgehead atoms. The Balaban J connectivity index is 2.80. The maximum absolute atomic E-state index is 12.9. The van der Waals surface area contributed by atoms with E-state index in [0.717, 1.165) is 5.56 Å². The molecule has 0 aliphatic carbocycles. The summed E-state index contributed by atoms with van der Waals surface area (Å²) in [6.07, 6.45) is 2.57. The first-order valence-corrected chi connectivity index (χ1v) is 11.4. The van der Waals surface area contributed by atoms with Gasteiger partial charge in [-0.2, -0.15) is 11.8 Å². The molecule has 3 unspecified atom stereocenters. The number of amides is 3. The topological polar surface area (TPSA) is 151 Å². The van der Waals surface area contributed by atoms with Gasteiger partial charge >= 0.3 is 5.97 Å². The predicted octanol–water partition coefficient (Wildman–Crippen LogP) is 0.136. The minimum absolute atomic E-state index is 0.282. The van der Waals surface area contributed by atoms with Crippen LogP contribution >= 0.6 is 11.8 Å². The summed E-state index contributed by atoms with van der Waals surface area (Å²) >= 11 is 1.52. The maximum atomic E-state index is 12.9. The van der Waals surface area contributed by atoms with Gasteiger partial charge in [0.2, 0.25) is 17.7 Å². The van der Waals surface area contributed by atoms with Crippen LogP contribution in [0.25, 0.3) is 0 Å². The molecule has 1 rings (SSSR count). The number of nitrogens with one attached hydrogen (secondary N) is 3. The summed E-state index contributed by atoms with van der Waals surface area (Å²) in [4.78, 5) is 48.4. The van der Waals surface area contributed by atoms with Crippen LogP contribution < -0.4 is 21.7 Å². The third kappa shape index (κ3) is 9.84. The molecule has 9 nitrogen and oxygen atoms in total. The number of carbonyl (C=O) groups is 4. The van der Waals surface area contributed by atoms with Gasteiger partial charge < -0.3 is 26.8 Å². The summed E-state index contributed by atoms with van der Waals surface area (Å²) in [5, 5.41) is 16.3. The molecule has 0 spiro atoms. The Bertz CT molecular complexity index is 745. The van der Waals surface area contributed by atoms with Gasteiger partial charge in [0.05, 0.1) is 6.04 Å². The molecular formula is C21H32N4O5S. The van der Waals surface area contributed by atoms with Crippen LogP contribution in [0.15, 0.2) is 30.3 Å². The number of carboxylic acids is 1. The fourth-order valence-electron chi connectivity index (χ4n) is 2.81. The lowest BCUT2D eigenvalue weighted by atomic mass is 10.0. The van der Waals surface area contributed by atoms with Crippen LogP contribution in [0.5, 0.6) is 0 Å². The molecule has 10 heteroatoms. The molecule has 1 aromatic rings. The molecule has 0 saturated carbocycles. The normalized spacial score (nSPS) is 13.7. The van der Waals surface area contributed by atoms with Crippen LogP contribution in [-0.4, -0.2) is 65.5 Å². The molecular weight excluding hydrogens is 420 g/mol. The number of carbonyl (C=O) groups excluding carboxylic acids is 3. The van der Waals surface area contributed by atoms with Crippen molar-refractivity contribution in [2.45, 2.75) is 44.8 Å². The van der Waals surface area contributed by atoms with Crippen LogP contribution in [0.1, 0.15) is 25.8 Å². The van der Waals surface area contributed by atoms with E-state index in [1.54, 1.807) is 13.8 Å². The molecule has 0 aliphatic heterocycles. The Morgan fingerprint density at radius 2 is 1.68 bits per heavy atom. The lowest BCUT2D eigenvalue weighted by Gasteiger charge is -2.25. The van der Waals surface area contributed by atoms with Gasteiger partial charge in [-0.15, -0.1) is 0 Å². The smallest absolute Gasteiger partial charge is 0.322 e. The van der Waals surface area contributed by atoms with Crippen LogP contribution in [-0.2, 0) is 25.6 Å². The highest BCUT2D eigenvalue weighted by molar-refractivity contribution is 7.98. The Hall–Kier alpha value is -2.59. The Morgan fingerprint density at radius 1 is 1.03 bits per heavy atom. The van der Waals surface area contributed by atoms with Gasteiger partial charge in [0.25, 0.3) is 0 Å².